The van der Waals surface area contributed by atoms with Crippen LogP contribution in [0.1, 0.15) is 12.8 Å². The molecule has 0 amide bonds. The van der Waals surface area contributed by atoms with E-state index in [1.54, 1.807) is 25.5 Å². The molecule has 0 bridgehead atoms. The summed E-state index contributed by atoms with van der Waals surface area (Å²) in [4.78, 5) is 23.8. The highest BCUT2D eigenvalue weighted by atomic mass is 19.1. The minimum atomic E-state index is -0.333. The van der Waals surface area contributed by atoms with Gasteiger partial charge in [-0.25, -0.2) is 4.39 Å². The Bertz CT molecular complexity index is 1640. The van der Waals surface area contributed by atoms with E-state index >= 15 is 0 Å². The number of H-pyrrole nitrogens is 1. The minimum absolute atomic E-state index is 0.174. The number of pyridine rings is 2. The molecule has 176 valence electrons. The van der Waals surface area contributed by atoms with E-state index in [0.717, 1.165) is 35.8 Å². The molecule has 0 radical (unpaired) electrons. The molecule has 2 fully saturated rings. The number of aromatic nitrogens is 5. The summed E-state index contributed by atoms with van der Waals surface area (Å²) in [5.41, 5.74) is 9.90. The molecule has 2 aliphatic rings. The lowest BCUT2D eigenvalue weighted by atomic mass is 9.70. The van der Waals surface area contributed by atoms with E-state index in [4.69, 9.17) is 15.5 Å². The van der Waals surface area contributed by atoms with Crippen molar-refractivity contribution < 1.29 is 9.13 Å². The fourth-order valence-electron chi connectivity index (χ4n) is 5.44. The molecule has 1 saturated carbocycles. The van der Waals surface area contributed by atoms with E-state index in [0.29, 0.717) is 46.3 Å². The Morgan fingerprint density at radius 2 is 2.14 bits per heavy atom. The number of nitrogens with zero attached hydrogens (tertiary/aromatic N) is 5. The average Bonchev–Trinajstić information content (AvgIpc) is 3.33. The number of hydrogen-bond acceptors (Lipinski definition) is 8. The normalized spacial score (nSPS) is 21.5. The fourth-order valence-corrected chi connectivity index (χ4v) is 5.44. The summed E-state index contributed by atoms with van der Waals surface area (Å²) in [6.45, 7) is 1.48. The summed E-state index contributed by atoms with van der Waals surface area (Å²) < 4.78 is 20.6. The first-order chi connectivity index (χ1) is 17.0. The van der Waals surface area contributed by atoms with Crippen molar-refractivity contribution in [1.29, 1.82) is 0 Å². The van der Waals surface area contributed by atoms with E-state index in [-0.39, 0.29) is 17.4 Å². The van der Waals surface area contributed by atoms with Gasteiger partial charge in [0.1, 0.15) is 17.3 Å². The number of halogens is 1. The first-order valence-electron chi connectivity index (χ1n) is 11.6. The second-order valence-electron chi connectivity index (χ2n) is 9.47. The zero-order valence-electron chi connectivity index (χ0n) is 19.0. The van der Waals surface area contributed by atoms with Crippen molar-refractivity contribution in [1.82, 2.24) is 24.9 Å². The van der Waals surface area contributed by atoms with Gasteiger partial charge in [-0.3, -0.25) is 9.97 Å². The number of nitrogens with two attached hydrogens (primary N) is 1. The van der Waals surface area contributed by atoms with Gasteiger partial charge in [-0.2, -0.15) is 9.97 Å². The SMILES string of the molecule is CNc1cc(F)cc2c1[nH]c1nc(Oc3cnc4cccnc4c3)nc(N3CC4CCC4(N)C3)c12. The lowest BCUT2D eigenvalue weighted by Crippen LogP contribution is -2.54. The van der Waals surface area contributed by atoms with Crippen molar-refractivity contribution in [2.45, 2.75) is 18.4 Å². The Hall–Kier alpha value is -4.05. The van der Waals surface area contributed by atoms with Gasteiger partial charge in [0.15, 0.2) is 5.75 Å². The number of aromatic amines is 1. The minimum Gasteiger partial charge on any atom is -0.422 e. The molecule has 4 N–H and O–H groups in total. The lowest BCUT2D eigenvalue weighted by Gasteiger charge is -2.40. The van der Waals surface area contributed by atoms with Crippen LogP contribution in [0.4, 0.5) is 15.9 Å². The molecular weight excluding hydrogens is 447 g/mol. The number of hydrogen-bond donors (Lipinski definition) is 3. The molecule has 5 heterocycles. The summed E-state index contributed by atoms with van der Waals surface area (Å²) in [5.74, 6) is 1.26. The third-order valence-electron chi connectivity index (χ3n) is 7.39. The maximum Gasteiger partial charge on any atom is 0.326 e. The molecule has 4 aromatic heterocycles. The van der Waals surface area contributed by atoms with Crippen LogP contribution in [0.25, 0.3) is 33.0 Å². The highest BCUT2D eigenvalue weighted by Gasteiger charge is 2.51. The van der Waals surface area contributed by atoms with E-state index in [2.05, 4.69) is 30.2 Å². The van der Waals surface area contributed by atoms with Crippen LogP contribution >= 0.6 is 0 Å². The van der Waals surface area contributed by atoms with Crippen molar-refractivity contribution in [3.63, 3.8) is 0 Å². The Balaban J connectivity index is 1.40. The molecule has 0 spiro atoms. The summed E-state index contributed by atoms with van der Waals surface area (Å²) in [7, 11) is 1.76. The second kappa shape index (κ2) is 7.22. The van der Waals surface area contributed by atoms with Gasteiger partial charge in [0.2, 0.25) is 0 Å². The van der Waals surface area contributed by atoms with Crippen LogP contribution in [-0.2, 0) is 0 Å². The molecule has 7 rings (SSSR count). The van der Waals surface area contributed by atoms with Crippen LogP contribution in [-0.4, -0.2) is 50.6 Å². The van der Waals surface area contributed by atoms with Gasteiger partial charge in [-0.1, -0.05) is 0 Å². The van der Waals surface area contributed by atoms with Crippen LogP contribution in [0, 0.1) is 11.7 Å². The Kier molecular flexibility index (Phi) is 4.20. The van der Waals surface area contributed by atoms with Crippen molar-refractivity contribution >= 4 is 44.5 Å². The van der Waals surface area contributed by atoms with E-state index in [1.165, 1.54) is 12.1 Å². The van der Waals surface area contributed by atoms with Crippen LogP contribution in [0.2, 0.25) is 0 Å². The predicted octanol–water partition coefficient (Wildman–Crippen LogP) is 3.95. The number of benzene rings is 1. The summed E-state index contributed by atoms with van der Waals surface area (Å²) in [6, 6.07) is 8.68. The standard InChI is InChI=1S/C25H23FN8O/c1-28-19-8-14(26)7-16-20-22(31-21(16)19)32-24(33-23(20)34-11-13-4-5-25(13,27)12-34)35-15-9-18-17(30-10-15)3-2-6-29-18/h2-3,6-10,13,28H,4-5,11-12,27H2,1H3,(H,31,32,33). The van der Waals surface area contributed by atoms with Crippen LogP contribution in [0.5, 0.6) is 11.8 Å². The summed E-state index contributed by atoms with van der Waals surface area (Å²) >= 11 is 0. The third kappa shape index (κ3) is 3.09. The van der Waals surface area contributed by atoms with Crippen LogP contribution < -0.4 is 20.7 Å². The van der Waals surface area contributed by atoms with Crippen LogP contribution in [0.15, 0.2) is 42.7 Å². The third-order valence-corrected chi connectivity index (χ3v) is 7.39. The molecule has 9 nitrogen and oxygen atoms in total. The van der Waals surface area contributed by atoms with E-state index in [9.17, 15) is 4.39 Å². The first-order valence-corrected chi connectivity index (χ1v) is 11.6. The monoisotopic (exact) mass is 470 g/mol. The number of rotatable bonds is 4. The van der Waals surface area contributed by atoms with Crippen LogP contribution in [0.3, 0.4) is 0 Å². The van der Waals surface area contributed by atoms with Gasteiger partial charge in [0.25, 0.3) is 0 Å². The van der Waals surface area contributed by atoms with E-state index in [1.807, 2.05) is 12.1 Å². The zero-order chi connectivity index (χ0) is 23.7. The van der Waals surface area contributed by atoms with Gasteiger partial charge in [0.05, 0.1) is 33.8 Å². The molecule has 10 heteroatoms. The molecule has 2 unspecified atom stereocenters. The zero-order valence-corrected chi connectivity index (χ0v) is 19.0. The predicted molar refractivity (Wildman–Crippen MR) is 132 cm³/mol. The largest absolute Gasteiger partial charge is 0.422 e. The maximum atomic E-state index is 14.5. The maximum absolute atomic E-state index is 14.5. The van der Waals surface area contributed by atoms with Gasteiger partial charge >= 0.3 is 6.01 Å². The Labute approximate surface area is 199 Å². The number of nitrogens with one attached hydrogen (secondary N) is 2. The van der Waals surface area contributed by atoms with Gasteiger partial charge in [-0.15, -0.1) is 0 Å². The highest BCUT2D eigenvalue weighted by Crippen LogP contribution is 2.46. The number of fused-ring (bicyclic) bond motifs is 5. The smallest absolute Gasteiger partial charge is 0.326 e. The quantitative estimate of drug-likeness (QED) is 0.361. The molecule has 1 aliphatic carbocycles. The molecule has 2 atom stereocenters. The highest BCUT2D eigenvalue weighted by molar-refractivity contribution is 6.14. The summed E-state index contributed by atoms with van der Waals surface area (Å²) in [5, 5.41) is 4.53. The van der Waals surface area contributed by atoms with Crippen molar-refractivity contribution in [2.75, 3.05) is 30.4 Å². The Morgan fingerprint density at radius 1 is 1.23 bits per heavy atom. The molecule has 35 heavy (non-hydrogen) atoms. The molecular formula is C25H23FN8O. The van der Waals surface area contributed by atoms with E-state index < -0.39 is 0 Å². The lowest BCUT2D eigenvalue weighted by molar-refractivity contribution is 0.189. The Morgan fingerprint density at radius 3 is 2.91 bits per heavy atom. The first kappa shape index (κ1) is 20.3. The second-order valence-corrected chi connectivity index (χ2v) is 9.47. The molecule has 1 aromatic carbocycles. The van der Waals surface area contributed by atoms with Crippen molar-refractivity contribution in [3.8, 4) is 11.8 Å². The van der Waals surface area contributed by atoms with Crippen molar-refractivity contribution in [3.05, 3.63) is 48.5 Å². The molecule has 5 aromatic rings. The molecule has 1 saturated heterocycles. The topological polar surface area (TPSA) is 118 Å². The number of anilines is 2. The summed E-state index contributed by atoms with van der Waals surface area (Å²) in [6.07, 6.45) is 5.43. The van der Waals surface area contributed by atoms with Crippen molar-refractivity contribution in [2.24, 2.45) is 11.7 Å². The van der Waals surface area contributed by atoms with Gasteiger partial charge < -0.3 is 25.7 Å². The average molecular weight is 471 g/mol. The number of ether oxygens (including phenoxy) is 1. The molecule has 1 aliphatic heterocycles. The van der Waals surface area contributed by atoms with Gasteiger partial charge in [-0.05, 0) is 43.0 Å². The van der Waals surface area contributed by atoms with Gasteiger partial charge in [0, 0.05) is 43.3 Å². The fraction of sp³-hybridized carbons (Fsp3) is 0.280.